The number of furan rings is 1. The molecule has 3 rings (SSSR count). The van der Waals surface area contributed by atoms with E-state index in [-0.39, 0.29) is 18.0 Å². The van der Waals surface area contributed by atoms with Gasteiger partial charge in [0, 0.05) is 18.1 Å². The summed E-state index contributed by atoms with van der Waals surface area (Å²) in [5.74, 6) is 0.655. The minimum absolute atomic E-state index is 0.0906. The zero-order valence-corrected chi connectivity index (χ0v) is 14.1. The maximum absolute atomic E-state index is 12.4. The molecule has 3 aromatic rings. The Bertz CT molecular complexity index is 803. The number of nitrogens with one attached hydrogen (secondary N) is 2. The van der Waals surface area contributed by atoms with Crippen molar-refractivity contribution in [3.63, 3.8) is 0 Å². The average molecular weight is 326 g/mol. The summed E-state index contributed by atoms with van der Waals surface area (Å²) in [5.41, 5.74) is 1.66. The molecule has 24 heavy (non-hydrogen) atoms. The molecule has 1 aromatic carbocycles. The van der Waals surface area contributed by atoms with Gasteiger partial charge >= 0.3 is 0 Å². The second-order valence-electron chi connectivity index (χ2n) is 5.87. The van der Waals surface area contributed by atoms with Crippen LogP contribution in [-0.4, -0.2) is 21.7 Å². The van der Waals surface area contributed by atoms with Crippen molar-refractivity contribution in [1.82, 2.24) is 15.1 Å². The van der Waals surface area contributed by atoms with Crippen molar-refractivity contribution in [3.8, 4) is 0 Å². The smallest absolute Gasteiger partial charge is 0.242 e. The summed E-state index contributed by atoms with van der Waals surface area (Å²) < 4.78 is 7.61. The highest BCUT2D eigenvalue weighted by Gasteiger charge is 2.18. The fourth-order valence-electron chi connectivity index (χ4n) is 2.55. The van der Waals surface area contributed by atoms with Crippen LogP contribution in [0.1, 0.15) is 32.6 Å². The Morgan fingerprint density at radius 3 is 2.83 bits per heavy atom. The summed E-state index contributed by atoms with van der Waals surface area (Å²) in [6.07, 6.45) is 3.60. The molecule has 2 N–H and O–H groups in total. The molecule has 0 radical (unpaired) electrons. The predicted molar refractivity (Wildman–Crippen MR) is 93.8 cm³/mol. The van der Waals surface area contributed by atoms with E-state index in [0.717, 1.165) is 29.0 Å². The molecule has 6 nitrogen and oxygen atoms in total. The number of hydrogen-bond acceptors (Lipinski definition) is 4. The topological polar surface area (TPSA) is 72.1 Å². The third kappa shape index (κ3) is 3.42. The van der Waals surface area contributed by atoms with Gasteiger partial charge < -0.3 is 15.1 Å². The lowest BCUT2D eigenvalue weighted by molar-refractivity contribution is -0.122. The lowest BCUT2D eigenvalue weighted by Crippen LogP contribution is -2.38. The normalized spacial score (nSPS) is 13.6. The zero-order chi connectivity index (χ0) is 17.1. The summed E-state index contributed by atoms with van der Waals surface area (Å²) in [4.78, 5) is 12.4. The Balaban J connectivity index is 1.62. The summed E-state index contributed by atoms with van der Waals surface area (Å²) in [6.45, 7) is 6.55. The van der Waals surface area contributed by atoms with Crippen LogP contribution in [0.4, 0.5) is 5.69 Å². The lowest BCUT2D eigenvalue weighted by atomic mass is 10.2. The van der Waals surface area contributed by atoms with Crippen molar-refractivity contribution < 1.29 is 9.21 Å². The Kier molecular flexibility index (Phi) is 4.55. The molecular formula is C18H22N4O2. The highest BCUT2D eigenvalue weighted by Crippen LogP contribution is 2.23. The van der Waals surface area contributed by atoms with E-state index in [0.29, 0.717) is 0 Å². The number of aryl methyl sites for hydroxylation is 1. The van der Waals surface area contributed by atoms with Crippen molar-refractivity contribution in [2.45, 2.75) is 39.4 Å². The van der Waals surface area contributed by atoms with Crippen molar-refractivity contribution in [1.29, 1.82) is 0 Å². The molecular weight excluding hydrogens is 304 g/mol. The van der Waals surface area contributed by atoms with Gasteiger partial charge in [0.2, 0.25) is 5.91 Å². The fourth-order valence-corrected chi connectivity index (χ4v) is 2.55. The van der Waals surface area contributed by atoms with Crippen molar-refractivity contribution in [2.75, 3.05) is 5.32 Å². The molecule has 1 amide bonds. The summed E-state index contributed by atoms with van der Waals surface area (Å²) in [7, 11) is 0. The first-order chi connectivity index (χ1) is 11.6. The Hall–Kier alpha value is -2.76. The molecule has 0 spiro atoms. The van der Waals surface area contributed by atoms with Crippen molar-refractivity contribution >= 4 is 22.6 Å². The average Bonchev–Trinajstić information content (AvgIpc) is 3.20. The Morgan fingerprint density at radius 1 is 1.33 bits per heavy atom. The SMILES string of the molecule is CCn1cc(NC(C)C(=O)NC(C)c2cc3ccccc3o2)cn1. The number of amides is 1. The first kappa shape index (κ1) is 16.1. The van der Waals surface area contributed by atoms with E-state index in [1.165, 1.54) is 0 Å². The van der Waals surface area contributed by atoms with Gasteiger partial charge in [-0.1, -0.05) is 18.2 Å². The first-order valence-electron chi connectivity index (χ1n) is 8.14. The fraction of sp³-hybridized carbons (Fsp3) is 0.333. The Labute approximate surface area is 140 Å². The first-order valence-corrected chi connectivity index (χ1v) is 8.14. The van der Waals surface area contributed by atoms with Gasteiger partial charge in [0.25, 0.3) is 0 Å². The molecule has 0 bridgehead atoms. The maximum Gasteiger partial charge on any atom is 0.242 e. The number of carbonyl (C=O) groups is 1. The van der Waals surface area contributed by atoms with Crippen LogP contribution in [0.2, 0.25) is 0 Å². The monoisotopic (exact) mass is 326 g/mol. The molecule has 0 aliphatic rings. The number of para-hydroxylation sites is 1. The maximum atomic E-state index is 12.4. The van der Waals surface area contributed by atoms with Gasteiger partial charge in [-0.3, -0.25) is 9.48 Å². The van der Waals surface area contributed by atoms with E-state index >= 15 is 0 Å². The van der Waals surface area contributed by atoms with E-state index in [1.54, 1.807) is 6.20 Å². The molecule has 0 saturated carbocycles. The van der Waals surface area contributed by atoms with E-state index in [9.17, 15) is 4.79 Å². The van der Waals surface area contributed by atoms with Crippen LogP contribution in [0.5, 0.6) is 0 Å². The van der Waals surface area contributed by atoms with Crippen LogP contribution in [0.25, 0.3) is 11.0 Å². The highest BCUT2D eigenvalue weighted by atomic mass is 16.3. The largest absolute Gasteiger partial charge is 0.459 e. The number of anilines is 1. The number of benzene rings is 1. The van der Waals surface area contributed by atoms with Crippen LogP contribution in [0.3, 0.4) is 0 Å². The van der Waals surface area contributed by atoms with Gasteiger partial charge in [0.1, 0.15) is 17.4 Å². The molecule has 0 aliphatic carbocycles. The summed E-state index contributed by atoms with van der Waals surface area (Å²) in [5, 5.41) is 11.4. The second kappa shape index (κ2) is 6.78. The van der Waals surface area contributed by atoms with Crippen LogP contribution in [0, 0.1) is 0 Å². The molecule has 0 saturated heterocycles. The predicted octanol–water partition coefficient (Wildman–Crippen LogP) is 3.33. The number of fused-ring (bicyclic) bond motifs is 1. The Morgan fingerprint density at radius 2 is 2.12 bits per heavy atom. The summed E-state index contributed by atoms with van der Waals surface area (Å²) in [6, 6.07) is 9.20. The van der Waals surface area contributed by atoms with Gasteiger partial charge in [-0.2, -0.15) is 5.10 Å². The van der Waals surface area contributed by atoms with Gasteiger partial charge in [-0.25, -0.2) is 0 Å². The lowest BCUT2D eigenvalue weighted by Gasteiger charge is -2.17. The van der Waals surface area contributed by atoms with Crippen molar-refractivity contribution in [3.05, 3.63) is 48.5 Å². The number of hydrogen-bond donors (Lipinski definition) is 2. The molecule has 126 valence electrons. The molecule has 2 unspecified atom stereocenters. The second-order valence-corrected chi connectivity index (χ2v) is 5.87. The molecule has 2 heterocycles. The number of aromatic nitrogens is 2. The number of nitrogens with zero attached hydrogens (tertiary/aromatic N) is 2. The van der Waals surface area contributed by atoms with E-state index < -0.39 is 0 Å². The zero-order valence-electron chi connectivity index (χ0n) is 14.1. The van der Waals surface area contributed by atoms with Crippen LogP contribution >= 0.6 is 0 Å². The van der Waals surface area contributed by atoms with Gasteiger partial charge in [0.05, 0.1) is 17.9 Å². The molecule has 0 fully saturated rings. The van der Waals surface area contributed by atoms with Crippen LogP contribution < -0.4 is 10.6 Å². The third-order valence-electron chi connectivity index (χ3n) is 3.96. The standard InChI is InChI=1S/C18H22N4O2/c1-4-22-11-15(10-19-22)20-13(3)18(23)21-12(2)17-9-14-7-5-6-8-16(14)24-17/h5-13,20H,4H2,1-3H3,(H,21,23). The molecule has 6 heteroatoms. The van der Waals surface area contributed by atoms with Gasteiger partial charge in [-0.05, 0) is 32.9 Å². The molecule has 0 aliphatic heterocycles. The number of carbonyl (C=O) groups excluding carboxylic acids is 1. The van der Waals surface area contributed by atoms with E-state index in [2.05, 4.69) is 15.7 Å². The quantitative estimate of drug-likeness (QED) is 0.729. The van der Waals surface area contributed by atoms with Crippen molar-refractivity contribution in [2.24, 2.45) is 0 Å². The minimum atomic E-state index is -0.369. The van der Waals surface area contributed by atoms with Gasteiger partial charge in [-0.15, -0.1) is 0 Å². The highest BCUT2D eigenvalue weighted by molar-refractivity contribution is 5.84. The molecule has 2 atom stereocenters. The van der Waals surface area contributed by atoms with E-state index in [1.807, 2.05) is 62.0 Å². The van der Waals surface area contributed by atoms with Gasteiger partial charge in [0.15, 0.2) is 0 Å². The van der Waals surface area contributed by atoms with E-state index in [4.69, 9.17) is 4.42 Å². The van der Waals surface area contributed by atoms with Crippen LogP contribution in [-0.2, 0) is 11.3 Å². The van der Waals surface area contributed by atoms with Crippen LogP contribution in [0.15, 0.2) is 47.1 Å². The third-order valence-corrected chi connectivity index (χ3v) is 3.96. The number of rotatable bonds is 6. The minimum Gasteiger partial charge on any atom is -0.459 e. The summed E-state index contributed by atoms with van der Waals surface area (Å²) >= 11 is 0. The molecule has 2 aromatic heterocycles.